The molecule has 0 fully saturated rings. The predicted octanol–water partition coefficient (Wildman–Crippen LogP) is 2.70. The predicted molar refractivity (Wildman–Crippen MR) is 95.4 cm³/mol. The highest BCUT2D eigenvalue weighted by atomic mass is 32.2. The highest BCUT2D eigenvalue weighted by molar-refractivity contribution is 7.92. The van der Waals surface area contributed by atoms with Crippen molar-refractivity contribution >= 4 is 16.0 Å². The van der Waals surface area contributed by atoms with E-state index in [0.29, 0.717) is 22.8 Å². The quantitative estimate of drug-likeness (QED) is 0.775. The van der Waals surface area contributed by atoms with Gasteiger partial charge in [-0.05, 0) is 45.9 Å². The highest BCUT2D eigenvalue weighted by Crippen LogP contribution is 2.24. The Hall–Kier alpha value is -2.74. The molecule has 0 saturated carbocycles. The molecule has 130 valence electrons. The van der Waals surface area contributed by atoms with Gasteiger partial charge in [-0.2, -0.15) is 5.10 Å². The summed E-state index contributed by atoms with van der Waals surface area (Å²) in [5.74, 6) is 0.0590. The van der Waals surface area contributed by atoms with Crippen LogP contribution >= 0.6 is 0 Å². The van der Waals surface area contributed by atoms with Gasteiger partial charge in [-0.3, -0.25) is 0 Å². The fourth-order valence-corrected chi connectivity index (χ4v) is 4.12. The Morgan fingerprint density at radius 3 is 2.16 bits per heavy atom. The summed E-state index contributed by atoms with van der Waals surface area (Å²) >= 11 is 0. The van der Waals surface area contributed by atoms with E-state index >= 15 is 0 Å². The van der Waals surface area contributed by atoms with Crippen LogP contribution < -0.4 is 4.72 Å². The van der Waals surface area contributed by atoms with E-state index in [1.165, 1.54) is 0 Å². The van der Waals surface area contributed by atoms with Gasteiger partial charge in [-0.25, -0.2) is 27.8 Å². The number of benzene rings is 1. The van der Waals surface area contributed by atoms with Gasteiger partial charge in [0.2, 0.25) is 5.95 Å². The van der Waals surface area contributed by atoms with E-state index < -0.39 is 10.0 Å². The van der Waals surface area contributed by atoms with E-state index in [1.54, 1.807) is 38.4 Å². The molecule has 0 spiro atoms. The first-order valence-electron chi connectivity index (χ1n) is 7.74. The van der Waals surface area contributed by atoms with Crippen LogP contribution in [0.5, 0.6) is 0 Å². The second kappa shape index (κ2) is 6.29. The van der Waals surface area contributed by atoms with E-state index in [9.17, 15) is 8.42 Å². The Balaban J connectivity index is 2.05. The summed E-state index contributed by atoms with van der Waals surface area (Å²) < 4.78 is 29.8. The molecule has 2 aromatic heterocycles. The number of para-hydroxylation sites is 1. The van der Waals surface area contributed by atoms with Crippen LogP contribution in [0.3, 0.4) is 0 Å². The van der Waals surface area contributed by atoms with Crippen molar-refractivity contribution in [1.29, 1.82) is 0 Å². The zero-order valence-corrected chi connectivity index (χ0v) is 15.3. The van der Waals surface area contributed by atoms with Crippen LogP contribution in [0.25, 0.3) is 5.69 Å². The molecule has 8 heteroatoms. The number of sulfonamides is 1. The fraction of sp³-hybridized carbons (Fsp3) is 0.235. The largest absolute Gasteiger partial charge is 0.267 e. The fourth-order valence-electron chi connectivity index (χ4n) is 2.78. The minimum absolute atomic E-state index is 0.0590. The van der Waals surface area contributed by atoms with E-state index in [2.05, 4.69) is 19.8 Å². The lowest BCUT2D eigenvalue weighted by Gasteiger charge is -2.09. The second-order valence-corrected chi connectivity index (χ2v) is 7.45. The van der Waals surface area contributed by atoms with Gasteiger partial charge >= 0.3 is 0 Å². The molecule has 3 aromatic rings. The van der Waals surface area contributed by atoms with Gasteiger partial charge in [-0.15, -0.1) is 0 Å². The normalized spacial score (nSPS) is 11.5. The number of aryl methyl sites for hydroxylation is 3. The SMILES string of the molecule is Cc1cc(C)nc(NS(=O)(=O)c2c(C)nn(-c3ccccc3)c2C)n1. The van der Waals surface area contributed by atoms with Crippen LogP contribution in [0.1, 0.15) is 22.8 Å². The summed E-state index contributed by atoms with van der Waals surface area (Å²) in [6.07, 6.45) is 0. The summed E-state index contributed by atoms with van der Waals surface area (Å²) in [4.78, 5) is 8.42. The van der Waals surface area contributed by atoms with E-state index in [4.69, 9.17) is 0 Å². The van der Waals surface area contributed by atoms with Crippen LogP contribution in [-0.4, -0.2) is 28.2 Å². The van der Waals surface area contributed by atoms with Crippen molar-refractivity contribution in [2.45, 2.75) is 32.6 Å². The molecule has 0 amide bonds. The third-order valence-corrected chi connectivity index (χ3v) is 5.28. The number of hydrogen-bond donors (Lipinski definition) is 1. The first-order valence-corrected chi connectivity index (χ1v) is 9.23. The van der Waals surface area contributed by atoms with Gasteiger partial charge in [0.05, 0.1) is 17.1 Å². The molecule has 25 heavy (non-hydrogen) atoms. The van der Waals surface area contributed by atoms with Crippen LogP contribution in [-0.2, 0) is 10.0 Å². The van der Waals surface area contributed by atoms with Crippen molar-refractivity contribution in [3.63, 3.8) is 0 Å². The molecule has 3 rings (SSSR count). The van der Waals surface area contributed by atoms with Gasteiger partial charge < -0.3 is 0 Å². The number of rotatable bonds is 4. The maximum absolute atomic E-state index is 12.9. The first-order chi connectivity index (χ1) is 11.8. The molecule has 0 aliphatic heterocycles. The summed E-state index contributed by atoms with van der Waals surface area (Å²) in [6, 6.07) is 11.2. The lowest BCUT2D eigenvalue weighted by atomic mass is 10.3. The molecule has 0 radical (unpaired) electrons. The third kappa shape index (κ3) is 3.39. The summed E-state index contributed by atoms with van der Waals surface area (Å²) in [5.41, 5.74) is 3.13. The van der Waals surface area contributed by atoms with Crippen LogP contribution in [0, 0.1) is 27.7 Å². The molecule has 0 aliphatic rings. The molecule has 0 atom stereocenters. The Bertz CT molecular complexity index is 1010. The van der Waals surface area contributed by atoms with Gasteiger partial charge in [0.25, 0.3) is 10.0 Å². The second-order valence-electron chi connectivity index (χ2n) is 5.83. The number of anilines is 1. The number of hydrogen-bond acceptors (Lipinski definition) is 5. The van der Waals surface area contributed by atoms with Crippen LogP contribution in [0.2, 0.25) is 0 Å². The minimum Gasteiger partial charge on any atom is -0.247 e. The lowest BCUT2D eigenvalue weighted by molar-refractivity contribution is 0.599. The lowest BCUT2D eigenvalue weighted by Crippen LogP contribution is -2.17. The highest BCUT2D eigenvalue weighted by Gasteiger charge is 2.26. The molecule has 2 heterocycles. The Morgan fingerprint density at radius 1 is 0.960 bits per heavy atom. The molecule has 7 nitrogen and oxygen atoms in total. The van der Waals surface area contributed by atoms with Crippen LogP contribution in [0.4, 0.5) is 5.95 Å². The van der Waals surface area contributed by atoms with Crippen molar-refractivity contribution in [3.05, 3.63) is 59.2 Å². The van der Waals surface area contributed by atoms with Gasteiger partial charge in [0.1, 0.15) is 4.90 Å². The van der Waals surface area contributed by atoms with Gasteiger partial charge in [0, 0.05) is 11.4 Å². The van der Waals surface area contributed by atoms with Crippen molar-refractivity contribution < 1.29 is 8.42 Å². The summed E-state index contributed by atoms with van der Waals surface area (Å²) in [6.45, 7) is 6.97. The summed E-state index contributed by atoms with van der Waals surface area (Å²) in [7, 11) is -3.85. The van der Waals surface area contributed by atoms with Gasteiger partial charge in [-0.1, -0.05) is 18.2 Å². The smallest absolute Gasteiger partial charge is 0.247 e. The maximum atomic E-state index is 12.9. The standard InChI is InChI=1S/C17H19N5O2S/c1-11-10-12(2)19-17(18-11)21-25(23,24)16-13(3)20-22(14(16)4)15-8-6-5-7-9-15/h5-10H,1-4H3,(H,18,19,21). The maximum Gasteiger partial charge on any atom is 0.267 e. The number of nitrogens with one attached hydrogen (secondary N) is 1. The number of nitrogens with zero attached hydrogens (tertiary/aromatic N) is 4. The molecule has 0 unspecified atom stereocenters. The zero-order valence-electron chi connectivity index (χ0n) is 14.5. The molecule has 0 saturated heterocycles. The minimum atomic E-state index is -3.85. The van der Waals surface area contributed by atoms with Crippen molar-refractivity contribution in [2.75, 3.05) is 4.72 Å². The topological polar surface area (TPSA) is 89.8 Å². The molecule has 0 aliphatic carbocycles. The Labute approximate surface area is 146 Å². The zero-order chi connectivity index (χ0) is 18.2. The Morgan fingerprint density at radius 2 is 1.56 bits per heavy atom. The molecule has 1 N–H and O–H groups in total. The van der Waals surface area contributed by atoms with E-state index in [1.807, 2.05) is 30.3 Å². The van der Waals surface area contributed by atoms with Gasteiger partial charge in [0.15, 0.2) is 0 Å². The average Bonchev–Trinajstić information content (AvgIpc) is 2.82. The molecule has 0 bridgehead atoms. The van der Waals surface area contributed by atoms with Crippen LogP contribution in [0.15, 0.2) is 41.3 Å². The number of aromatic nitrogens is 4. The monoisotopic (exact) mass is 357 g/mol. The molecular weight excluding hydrogens is 338 g/mol. The Kier molecular flexibility index (Phi) is 4.30. The molecule has 1 aromatic carbocycles. The van der Waals surface area contributed by atoms with Crippen molar-refractivity contribution in [3.8, 4) is 5.69 Å². The molecular formula is C17H19N5O2S. The first kappa shape index (κ1) is 17.1. The van der Waals surface area contributed by atoms with Crippen molar-refractivity contribution in [2.24, 2.45) is 0 Å². The van der Waals surface area contributed by atoms with E-state index in [-0.39, 0.29) is 10.8 Å². The van der Waals surface area contributed by atoms with Crippen molar-refractivity contribution in [1.82, 2.24) is 19.7 Å². The average molecular weight is 357 g/mol. The van der Waals surface area contributed by atoms with E-state index in [0.717, 1.165) is 5.69 Å². The third-order valence-electron chi connectivity index (χ3n) is 3.70. The summed E-state index contributed by atoms with van der Waals surface area (Å²) in [5, 5.41) is 4.38.